The van der Waals surface area contributed by atoms with Crippen LogP contribution in [0.1, 0.15) is 11.4 Å². The summed E-state index contributed by atoms with van der Waals surface area (Å²) in [7, 11) is 1.97. The van der Waals surface area contributed by atoms with Gasteiger partial charge in [0.25, 0.3) is 0 Å². The lowest BCUT2D eigenvalue weighted by molar-refractivity contribution is -0.116. The van der Waals surface area contributed by atoms with Crippen LogP contribution in [-0.4, -0.2) is 29.4 Å². The number of para-hydroxylation sites is 2. The first-order chi connectivity index (χ1) is 12.0. The highest BCUT2D eigenvalue weighted by molar-refractivity contribution is 7.18. The number of nitrogens with zero attached hydrogens (tertiary/aromatic N) is 2. The van der Waals surface area contributed by atoms with Crippen LogP contribution in [0.3, 0.4) is 0 Å². The molecule has 3 rings (SSSR count). The lowest BCUT2D eigenvalue weighted by atomic mass is 10.3. The van der Waals surface area contributed by atoms with Crippen molar-refractivity contribution >= 4 is 56.3 Å². The number of fused-ring (bicyclic) bond motifs is 1. The Morgan fingerprint density at radius 2 is 1.88 bits per heavy atom. The van der Waals surface area contributed by atoms with Gasteiger partial charge in [0.2, 0.25) is 5.91 Å². The number of aromatic nitrogens is 1. The Kier molecular flexibility index (Phi) is 5.91. The third-order valence-electron chi connectivity index (χ3n) is 3.69. The smallest absolute Gasteiger partial charge is 0.225 e. The van der Waals surface area contributed by atoms with E-state index in [-0.39, 0.29) is 5.91 Å². The molecule has 1 aromatic heterocycles. The van der Waals surface area contributed by atoms with Crippen molar-refractivity contribution in [2.75, 3.05) is 18.9 Å². The van der Waals surface area contributed by atoms with E-state index in [9.17, 15) is 4.79 Å². The summed E-state index contributed by atoms with van der Waals surface area (Å²) in [6.45, 7) is 1.32. The van der Waals surface area contributed by atoms with E-state index in [4.69, 9.17) is 23.2 Å². The molecule has 0 fully saturated rings. The summed E-state index contributed by atoms with van der Waals surface area (Å²) < 4.78 is 1.18. The van der Waals surface area contributed by atoms with Gasteiger partial charge >= 0.3 is 0 Å². The minimum Gasteiger partial charge on any atom is -0.324 e. The SMILES string of the molecule is CN(CCC(=O)Nc1c(Cl)cccc1Cl)Cc1nc2ccccc2s1. The van der Waals surface area contributed by atoms with Crippen molar-refractivity contribution in [3.05, 3.63) is 57.5 Å². The van der Waals surface area contributed by atoms with Crippen molar-refractivity contribution in [2.45, 2.75) is 13.0 Å². The third-order valence-corrected chi connectivity index (χ3v) is 5.34. The van der Waals surface area contributed by atoms with Crippen LogP contribution in [0.25, 0.3) is 10.2 Å². The van der Waals surface area contributed by atoms with Crippen LogP contribution >= 0.6 is 34.5 Å². The van der Waals surface area contributed by atoms with E-state index in [2.05, 4.69) is 21.3 Å². The molecule has 0 saturated heterocycles. The molecule has 0 aliphatic rings. The van der Waals surface area contributed by atoms with Crippen molar-refractivity contribution in [3.63, 3.8) is 0 Å². The van der Waals surface area contributed by atoms with Crippen LogP contribution in [0.15, 0.2) is 42.5 Å². The fourth-order valence-electron chi connectivity index (χ4n) is 2.41. The highest BCUT2D eigenvalue weighted by Gasteiger charge is 2.12. The quantitative estimate of drug-likeness (QED) is 0.635. The summed E-state index contributed by atoms with van der Waals surface area (Å²) in [6, 6.07) is 13.2. The Morgan fingerprint density at radius 1 is 1.16 bits per heavy atom. The third kappa shape index (κ3) is 4.70. The van der Waals surface area contributed by atoms with E-state index in [0.717, 1.165) is 10.5 Å². The number of anilines is 1. The van der Waals surface area contributed by atoms with Crippen LogP contribution in [0.4, 0.5) is 5.69 Å². The fourth-order valence-corrected chi connectivity index (χ4v) is 3.95. The molecule has 0 spiro atoms. The van der Waals surface area contributed by atoms with Crippen LogP contribution in [0, 0.1) is 0 Å². The van der Waals surface area contributed by atoms with Gasteiger partial charge in [-0.1, -0.05) is 41.4 Å². The van der Waals surface area contributed by atoms with Gasteiger partial charge in [0.15, 0.2) is 0 Å². The van der Waals surface area contributed by atoms with Gasteiger partial charge in [-0.25, -0.2) is 4.98 Å². The molecule has 25 heavy (non-hydrogen) atoms. The Hall–Kier alpha value is -1.66. The predicted octanol–water partition coefficient (Wildman–Crippen LogP) is 5.06. The monoisotopic (exact) mass is 393 g/mol. The number of rotatable bonds is 6. The molecule has 0 radical (unpaired) electrons. The van der Waals surface area contributed by atoms with Crippen molar-refractivity contribution in [1.82, 2.24) is 9.88 Å². The Balaban J connectivity index is 1.53. The van der Waals surface area contributed by atoms with Crippen molar-refractivity contribution in [1.29, 1.82) is 0 Å². The number of amides is 1. The molecule has 4 nitrogen and oxygen atoms in total. The molecular formula is C18H17Cl2N3OS. The topological polar surface area (TPSA) is 45.2 Å². The van der Waals surface area contributed by atoms with Crippen LogP contribution in [0.2, 0.25) is 10.0 Å². The van der Waals surface area contributed by atoms with Crippen molar-refractivity contribution in [3.8, 4) is 0 Å². The molecular weight excluding hydrogens is 377 g/mol. The van der Waals surface area contributed by atoms with Gasteiger partial charge in [-0.05, 0) is 31.3 Å². The van der Waals surface area contributed by atoms with E-state index < -0.39 is 0 Å². The molecule has 0 unspecified atom stereocenters. The molecule has 0 aliphatic heterocycles. The van der Waals surface area contributed by atoms with Crippen LogP contribution < -0.4 is 5.32 Å². The Morgan fingerprint density at radius 3 is 2.60 bits per heavy atom. The molecule has 0 atom stereocenters. The second kappa shape index (κ2) is 8.15. The normalized spacial score (nSPS) is 11.2. The van der Waals surface area contributed by atoms with Gasteiger partial charge in [-0.15, -0.1) is 11.3 Å². The zero-order chi connectivity index (χ0) is 17.8. The number of carbonyl (C=O) groups excluding carboxylic acids is 1. The first-order valence-electron chi connectivity index (χ1n) is 7.80. The number of benzene rings is 2. The molecule has 2 aromatic carbocycles. The standard InChI is InChI=1S/C18H17Cl2N3OS/c1-23(11-17-21-14-7-2-3-8-15(14)25-17)10-9-16(24)22-18-12(19)5-4-6-13(18)20/h2-8H,9-11H2,1H3,(H,22,24). The number of carbonyl (C=O) groups is 1. The van der Waals surface area contributed by atoms with Crippen LogP contribution in [-0.2, 0) is 11.3 Å². The summed E-state index contributed by atoms with van der Waals surface area (Å²) in [5, 5.41) is 4.68. The Labute approximate surface area is 160 Å². The maximum atomic E-state index is 12.1. The summed E-state index contributed by atoms with van der Waals surface area (Å²) in [5.41, 5.74) is 1.48. The Bertz CT molecular complexity index is 844. The molecule has 0 saturated carbocycles. The van der Waals surface area contributed by atoms with Gasteiger partial charge in [-0.2, -0.15) is 0 Å². The first kappa shape index (κ1) is 18.1. The largest absolute Gasteiger partial charge is 0.324 e. The molecule has 1 heterocycles. The maximum Gasteiger partial charge on any atom is 0.225 e. The van der Waals surface area contributed by atoms with Crippen molar-refractivity contribution < 1.29 is 4.79 Å². The average molecular weight is 394 g/mol. The number of hydrogen-bond donors (Lipinski definition) is 1. The van der Waals surface area contributed by atoms with E-state index >= 15 is 0 Å². The minimum atomic E-state index is -0.119. The number of halogens is 2. The molecule has 3 aromatic rings. The van der Waals surface area contributed by atoms with Gasteiger partial charge in [0.1, 0.15) is 5.01 Å². The zero-order valence-electron chi connectivity index (χ0n) is 13.6. The summed E-state index contributed by atoms with van der Waals surface area (Å²) >= 11 is 13.8. The van der Waals surface area contributed by atoms with E-state index in [0.29, 0.717) is 35.2 Å². The number of hydrogen-bond acceptors (Lipinski definition) is 4. The van der Waals surface area contributed by atoms with E-state index in [1.807, 2.05) is 25.2 Å². The lowest BCUT2D eigenvalue weighted by Gasteiger charge is -2.15. The van der Waals surface area contributed by atoms with Crippen molar-refractivity contribution in [2.24, 2.45) is 0 Å². The average Bonchev–Trinajstić information content (AvgIpc) is 2.98. The molecule has 130 valence electrons. The minimum absolute atomic E-state index is 0.119. The molecule has 1 amide bonds. The zero-order valence-corrected chi connectivity index (χ0v) is 16.0. The lowest BCUT2D eigenvalue weighted by Crippen LogP contribution is -2.24. The molecule has 7 heteroatoms. The fraction of sp³-hybridized carbons (Fsp3) is 0.222. The van der Waals surface area contributed by atoms with Gasteiger partial charge in [0.05, 0.1) is 32.5 Å². The summed E-state index contributed by atoms with van der Waals surface area (Å²) in [6.07, 6.45) is 0.350. The number of nitrogens with one attached hydrogen (secondary N) is 1. The summed E-state index contributed by atoms with van der Waals surface area (Å²) in [4.78, 5) is 18.8. The van der Waals surface area contributed by atoms with E-state index in [1.54, 1.807) is 29.5 Å². The second-order valence-electron chi connectivity index (χ2n) is 5.71. The molecule has 1 N–H and O–H groups in total. The first-order valence-corrected chi connectivity index (χ1v) is 9.37. The highest BCUT2D eigenvalue weighted by atomic mass is 35.5. The number of thiazole rings is 1. The predicted molar refractivity (Wildman–Crippen MR) is 106 cm³/mol. The van der Waals surface area contributed by atoms with Gasteiger partial charge in [0, 0.05) is 13.0 Å². The van der Waals surface area contributed by atoms with Crippen LogP contribution in [0.5, 0.6) is 0 Å². The summed E-state index contributed by atoms with van der Waals surface area (Å²) in [5.74, 6) is -0.119. The molecule has 0 bridgehead atoms. The molecule has 0 aliphatic carbocycles. The van der Waals surface area contributed by atoms with Gasteiger partial charge < -0.3 is 5.32 Å². The van der Waals surface area contributed by atoms with Gasteiger partial charge in [-0.3, -0.25) is 9.69 Å². The van der Waals surface area contributed by atoms with E-state index in [1.165, 1.54) is 4.70 Å². The highest BCUT2D eigenvalue weighted by Crippen LogP contribution is 2.29. The maximum absolute atomic E-state index is 12.1. The second-order valence-corrected chi connectivity index (χ2v) is 7.64.